The summed E-state index contributed by atoms with van der Waals surface area (Å²) in [6.07, 6.45) is 2.48. The number of benzene rings is 1. The number of aryl methyl sites for hydroxylation is 1. The Kier molecular flexibility index (Phi) is 4.88. The van der Waals surface area contributed by atoms with E-state index in [0.717, 1.165) is 17.8 Å². The van der Waals surface area contributed by atoms with Crippen LogP contribution in [0.5, 0.6) is 0 Å². The highest BCUT2D eigenvalue weighted by Gasteiger charge is 2.28. The Balaban J connectivity index is 1.60. The van der Waals surface area contributed by atoms with Gasteiger partial charge in [-0.2, -0.15) is 0 Å². The maximum absolute atomic E-state index is 12.2. The lowest BCUT2D eigenvalue weighted by atomic mass is 10.1. The van der Waals surface area contributed by atoms with Gasteiger partial charge in [0.2, 0.25) is 5.13 Å². The van der Waals surface area contributed by atoms with Crippen molar-refractivity contribution in [1.29, 1.82) is 0 Å². The van der Waals surface area contributed by atoms with Crippen LogP contribution in [0.4, 0.5) is 9.93 Å². The summed E-state index contributed by atoms with van der Waals surface area (Å²) < 4.78 is 0. The molecule has 2 heterocycles. The molecule has 3 rings (SSSR count). The van der Waals surface area contributed by atoms with Crippen molar-refractivity contribution in [2.45, 2.75) is 32.2 Å². The largest absolute Gasteiger partial charge is 0.394 e. The van der Waals surface area contributed by atoms with Crippen molar-refractivity contribution in [2.24, 2.45) is 0 Å². The lowest BCUT2D eigenvalue weighted by molar-refractivity contribution is 0.166. The maximum atomic E-state index is 12.2. The van der Waals surface area contributed by atoms with E-state index in [4.69, 9.17) is 0 Å². The zero-order chi connectivity index (χ0) is 16.2. The Hall–Kier alpha value is -1.99. The summed E-state index contributed by atoms with van der Waals surface area (Å²) in [6, 6.07) is 7.99. The van der Waals surface area contributed by atoms with Gasteiger partial charge < -0.3 is 10.0 Å². The fourth-order valence-corrected chi connectivity index (χ4v) is 3.48. The number of aliphatic hydroxyl groups excluding tert-OH is 1. The number of carbonyl (C=O) groups is 1. The zero-order valence-corrected chi connectivity index (χ0v) is 13.8. The highest BCUT2D eigenvalue weighted by molar-refractivity contribution is 7.15. The molecule has 0 saturated carbocycles. The highest BCUT2D eigenvalue weighted by atomic mass is 32.1. The molecule has 6 nitrogen and oxygen atoms in total. The van der Waals surface area contributed by atoms with Crippen LogP contribution in [0.2, 0.25) is 0 Å². The van der Waals surface area contributed by atoms with Crippen molar-refractivity contribution in [3.63, 3.8) is 0 Å². The second-order valence-corrected chi connectivity index (χ2v) is 6.83. The van der Waals surface area contributed by atoms with E-state index in [0.29, 0.717) is 18.1 Å². The molecule has 122 valence electrons. The molecule has 0 unspecified atom stereocenters. The van der Waals surface area contributed by atoms with E-state index in [1.54, 1.807) is 4.90 Å². The number of aliphatic hydroxyl groups is 1. The van der Waals surface area contributed by atoms with E-state index < -0.39 is 0 Å². The number of hydrogen-bond acceptors (Lipinski definition) is 5. The van der Waals surface area contributed by atoms with Gasteiger partial charge in [-0.3, -0.25) is 5.32 Å². The van der Waals surface area contributed by atoms with Gasteiger partial charge in [0.05, 0.1) is 12.6 Å². The third kappa shape index (κ3) is 3.86. The number of hydrogen-bond donors (Lipinski definition) is 2. The number of anilines is 1. The molecule has 2 amide bonds. The Morgan fingerprint density at radius 1 is 1.39 bits per heavy atom. The number of likely N-dealkylation sites (tertiary alicyclic amines) is 1. The molecule has 23 heavy (non-hydrogen) atoms. The normalized spacial score (nSPS) is 17.5. The minimum atomic E-state index is -0.209. The van der Waals surface area contributed by atoms with Crippen LogP contribution in [0.25, 0.3) is 0 Å². The quantitative estimate of drug-likeness (QED) is 0.901. The van der Waals surface area contributed by atoms with Crippen LogP contribution in [0.15, 0.2) is 24.3 Å². The molecule has 1 fully saturated rings. The molecular formula is C16H20N4O2S. The average Bonchev–Trinajstić information content (AvgIpc) is 3.18. The van der Waals surface area contributed by atoms with Gasteiger partial charge in [-0.1, -0.05) is 41.2 Å². The van der Waals surface area contributed by atoms with Crippen LogP contribution in [0, 0.1) is 6.92 Å². The molecule has 2 N–H and O–H groups in total. The smallest absolute Gasteiger partial charge is 0.324 e. The first kappa shape index (κ1) is 15.9. The molecule has 2 aromatic rings. The van der Waals surface area contributed by atoms with Gasteiger partial charge in [-0.25, -0.2) is 4.79 Å². The van der Waals surface area contributed by atoms with E-state index in [-0.39, 0.29) is 18.7 Å². The molecule has 7 heteroatoms. The standard InChI is InChI=1S/C16H20N4O2S/c1-11-4-6-12(7-5-11)9-14-18-19-15(23-14)17-16(22)20-8-2-3-13(20)10-21/h4-7,13,21H,2-3,8-10H2,1H3,(H,17,19,22)/t13-/m0/s1. The van der Waals surface area contributed by atoms with E-state index in [2.05, 4.69) is 46.7 Å². The van der Waals surface area contributed by atoms with Crippen LogP contribution in [0.3, 0.4) is 0 Å². The molecule has 1 saturated heterocycles. The minimum Gasteiger partial charge on any atom is -0.394 e. The average molecular weight is 332 g/mol. The number of amides is 2. The van der Waals surface area contributed by atoms with E-state index in [9.17, 15) is 9.90 Å². The van der Waals surface area contributed by atoms with Gasteiger partial charge in [-0.15, -0.1) is 10.2 Å². The third-order valence-corrected chi connectivity index (χ3v) is 4.84. The van der Waals surface area contributed by atoms with Crippen molar-refractivity contribution in [3.05, 3.63) is 40.4 Å². The van der Waals surface area contributed by atoms with Crippen molar-refractivity contribution < 1.29 is 9.90 Å². The van der Waals surface area contributed by atoms with Gasteiger partial charge in [0.15, 0.2) is 0 Å². The molecule has 1 aromatic heterocycles. The fourth-order valence-electron chi connectivity index (χ4n) is 2.71. The van der Waals surface area contributed by atoms with E-state index >= 15 is 0 Å². The zero-order valence-electron chi connectivity index (χ0n) is 13.0. The molecular weight excluding hydrogens is 312 g/mol. The summed E-state index contributed by atoms with van der Waals surface area (Å²) in [7, 11) is 0. The highest BCUT2D eigenvalue weighted by Crippen LogP contribution is 2.22. The lowest BCUT2D eigenvalue weighted by Crippen LogP contribution is -2.40. The number of rotatable bonds is 4. The first-order valence-electron chi connectivity index (χ1n) is 7.72. The monoisotopic (exact) mass is 332 g/mol. The van der Waals surface area contributed by atoms with Crippen molar-refractivity contribution in [3.8, 4) is 0 Å². The molecule has 0 aliphatic carbocycles. The Bertz CT molecular complexity index is 671. The molecule has 1 aliphatic rings. The summed E-state index contributed by atoms with van der Waals surface area (Å²) in [6.45, 7) is 2.73. The predicted molar refractivity (Wildman–Crippen MR) is 89.7 cm³/mol. The van der Waals surface area contributed by atoms with Gasteiger partial charge in [0.25, 0.3) is 0 Å². The summed E-state index contributed by atoms with van der Waals surface area (Å²) in [4.78, 5) is 13.9. The summed E-state index contributed by atoms with van der Waals surface area (Å²) >= 11 is 1.38. The third-order valence-electron chi connectivity index (χ3n) is 4.01. The van der Waals surface area contributed by atoms with Crippen LogP contribution in [-0.4, -0.2) is 45.4 Å². The Morgan fingerprint density at radius 2 is 2.17 bits per heavy atom. The molecule has 1 aromatic carbocycles. The van der Waals surface area contributed by atoms with Crippen molar-refractivity contribution in [1.82, 2.24) is 15.1 Å². The second kappa shape index (κ2) is 7.06. The molecule has 1 atom stereocenters. The second-order valence-electron chi connectivity index (χ2n) is 5.77. The molecule has 0 bridgehead atoms. The molecule has 0 spiro atoms. The minimum absolute atomic E-state index is 0.00220. The van der Waals surface area contributed by atoms with E-state index in [1.165, 1.54) is 22.5 Å². The van der Waals surface area contributed by atoms with Crippen molar-refractivity contribution in [2.75, 3.05) is 18.5 Å². The first-order chi connectivity index (χ1) is 11.2. The van der Waals surface area contributed by atoms with Crippen LogP contribution < -0.4 is 5.32 Å². The molecule has 0 radical (unpaired) electrons. The van der Waals surface area contributed by atoms with Gasteiger partial charge in [-0.05, 0) is 25.3 Å². The van der Waals surface area contributed by atoms with Crippen LogP contribution in [-0.2, 0) is 6.42 Å². The number of carbonyl (C=O) groups excluding carboxylic acids is 1. The first-order valence-corrected chi connectivity index (χ1v) is 8.54. The molecule has 1 aliphatic heterocycles. The summed E-state index contributed by atoms with van der Waals surface area (Å²) in [5.74, 6) is 0. The fraction of sp³-hybridized carbons (Fsp3) is 0.438. The number of aromatic nitrogens is 2. The van der Waals surface area contributed by atoms with Crippen LogP contribution in [0.1, 0.15) is 29.0 Å². The van der Waals surface area contributed by atoms with Crippen molar-refractivity contribution >= 4 is 22.5 Å². The predicted octanol–water partition coefficient (Wildman–Crippen LogP) is 2.43. The van der Waals surface area contributed by atoms with Crippen LogP contribution >= 0.6 is 11.3 Å². The Morgan fingerprint density at radius 3 is 2.91 bits per heavy atom. The number of nitrogens with one attached hydrogen (secondary N) is 1. The van der Waals surface area contributed by atoms with Gasteiger partial charge >= 0.3 is 6.03 Å². The lowest BCUT2D eigenvalue weighted by Gasteiger charge is -2.22. The van der Waals surface area contributed by atoms with Gasteiger partial charge in [0, 0.05) is 13.0 Å². The number of nitrogens with zero attached hydrogens (tertiary/aromatic N) is 3. The number of urea groups is 1. The summed E-state index contributed by atoms with van der Waals surface area (Å²) in [5.41, 5.74) is 2.40. The maximum Gasteiger partial charge on any atom is 0.324 e. The van der Waals surface area contributed by atoms with E-state index in [1.807, 2.05) is 0 Å². The van der Waals surface area contributed by atoms with Gasteiger partial charge in [0.1, 0.15) is 5.01 Å². The Labute approximate surface area is 139 Å². The summed E-state index contributed by atoms with van der Waals surface area (Å²) in [5, 5.41) is 21.6. The topological polar surface area (TPSA) is 78.4 Å². The SMILES string of the molecule is Cc1ccc(Cc2nnc(NC(=O)N3CCC[C@H]3CO)s2)cc1.